The van der Waals surface area contributed by atoms with Crippen molar-refractivity contribution >= 4 is 23.8 Å². The van der Waals surface area contributed by atoms with Crippen molar-refractivity contribution in [3.63, 3.8) is 0 Å². The molecule has 214 valence electrons. The van der Waals surface area contributed by atoms with Gasteiger partial charge in [0, 0.05) is 43.2 Å². The number of aliphatic hydroxyl groups excluding tert-OH is 1. The molecule has 0 aromatic heterocycles. The number of hydrogen-bond acceptors (Lipinski definition) is 7. The fourth-order valence-electron chi connectivity index (χ4n) is 2.96. The van der Waals surface area contributed by atoms with Crippen LogP contribution >= 0.6 is 0 Å². The molecule has 1 aromatic carbocycles. The molecular formula is C22H28F7N5O4. The van der Waals surface area contributed by atoms with Crippen molar-refractivity contribution in [1.29, 1.82) is 0 Å². The summed E-state index contributed by atoms with van der Waals surface area (Å²) in [6, 6.07) is -0.428. The summed E-state index contributed by atoms with van der Waals surface area (Å²) in [6.07, 6.45) is -6.09. The molecule has 9 nitrogen and oxygen atoms in total. The Bertz CT molecular complexity index is 1010. The first-order chi connectivity index (χ1) is 17.5. The Kier molecular flexibility index (Phi) is 12.0. The Labute approximate surface area is 213 Å². The van der Waals surface area contributed by atoms with Gasteiger partial charge in [0.05, 0.1) is 18.6 Å². The third-order valence-corrected chi connectivity index (χ3v) is 5.34. The van der Waals surface area contributed by atoms with Gasteiger partial charge in [-0.15, -0.1) is 0 Å². The average Bonchev–Trinajstić information content (AvgIpc) is 2.81. The van der Waals surface area contributed by atoms with Crippen LogP contribution < -0.4 is 21.7 Å². The quantitative estimate of drug-likeness (QED) is 0.152. The van der Waals surface area contributed by atoms with Crippen LogP contribution in [0.4, 0.5) is 35.5 Å². The van der Waals surface area contributed by atoms with Crippen LogP contribution in [0.5, 0.6) is 0 Å². The van der Waals surface area contributed by atoms with E-state index in [-0.39, 0.29) is 17.7 Å². The van der Waals surface area contributed by atoms with E-state index in [0.717, 1.165) is 25.4 Å². The molecule has 2 amide bonds. The lowest BCUT2D eigenvalue weighted by Gasteiger charge is -2.35. The summed E-state index contributed by atoms with van der Waals surface area (Å²) >= 11 is 0. The van der Waals surface area contributed by atoms with E-state index in [1.165, 1.54) is 0 Å². The van der Waals surface area contributed by atoms with Crippen LogP contribution in [0.15, 0.2) is 23.3 Å². The summed E-state index contributed by atoms with van der Waals surface area (Å²) in [5.41, 5.74) is 1.79. The van der Waals surface area contributed by atoms with Gasteiger partial charge in [0.25, 0.3) is 0 Å². The van der Waals surface area contributed by atoms with E-state index < -0.39 is 72.6 Å². The summed E-state index contributed by atoms with van der Waals surface area (Å²) in [4.78, 5) is 26.7. The Morgan fingerprint density at radius 3 is 2.21 bits per heavy atom. The topological polar surface area (TPSA) is 138 Å². The van der Waals surface area contributed by atoms with Gasteiger partial charge in [0.2, 0.25) is 5.91 Å². The van der Waals surface area contributed by atoms with Crippen molar-refractivity contribution in [2.45, 2.75) is 45.3 Å². The van der Waals surface area contributed by atoms with Crippen LogP contribution in [0, 0.1) is 17.0 Å². The lowest BCUT2D eigenvalue weighted by molar-refractivity contribution is -0.220. The summed E-state index contributed by atoms with van der Waals surface area (Å²) in [5, 5.41) is 16.5. The van der Waals surface area contributed by atoms with E-state index in [2.05, 4.69) is 20.4 Å². The van der Waals surface area contributed by atoms with Gasteiger partial charge in [-0.1, -0.05) is 0 Å². The summed E-state index contributed by atoms with van der Waals surface area (Å²) in [5.74, 6) is -3.39. The molecule has 2 atom stereocenters. The number of aliphatic hydroxyl groups is 1. The van der Waals surface area contributed by atoms with Crippen LogP contribution in [0.3, 0.4) is 0 Å². The van der Waals surface area contributed by atoms with Crippen LogP contribution in [0.1, 0.15) is 25.0 Å². The van der Waals surface area contributed by atoms with Crippen molar-refractivity contribution in [2.24, 2.45) is 16.1 Å². The first kappa shape index (κ1) is 32.6. The Morgan fingerprint density at radius 2 is 1.74 bits per heavy atom. The largest absolute Gasteiger partial charge is 0.453 e. The molecule has 0 heterocycles. The van der Waals surface area contributed by atoms with E-state index in [1.54, 1.807) is 0 Å². The predicted molar refractivity (Wildman–Crippen MR) is 123 cm³/mol. The smallest absolute Gasteiger partial charge is 0.407 e. The summed E-state index contributed by atoms with van der Waals surface area (Å²) < 4.78 is 97.8. The maximum atomic E-state index is 14.4. The normalized spacial score (nSPS) is 14.5. The number of carbonyl (C=O) groups excluding carboxylic acids is 2. The monoisotopic (exact) mass is 559 g/mol. The number of alkyl carbamates (subject to hydrolysis) is 1. The average molecular weight is 559 g/mol. The number of allylic oxidation sites excluding steroid dienone is 1. The molecule has 0 saturated carbocycles. The van der Waals surface area contributed by atoms with Crippen LogP contribution in [0.25, 0.3) is 5.57 Å². The molecule has 1 rings (SSSR count). The molecule has 0 aliphatic rings. The number of benzene rings is 1. The van der Waals surface area contributed by atoms with Gasteiger partial charge < -0.3 is 31.5 Å². The molecule has 0 spiro atoms. The van der Waals surface area contributed by atoms with E-state index in [9.17, 15) is 45.4 Å². The number of hydrogen-bond donors (Lipinski definition) is 5. The standard InChI is InChI=1S/C22H28F7N5O4/c1-21(2,22(27,28)29)17(34-20(37)38-3)18(36)32-9-13(35)8-31-10-14-15(23)4-11(5-16(14)24)12(6-30)7-33-19(25)26/h4-7,13,17,19,31,35H,8-10,30H2,1-3H3,(H,32,36)(H,34,37)/t13-,17?/m0/s1. The number of ether oxygens (including phenoxy) is 1. The second-order valence-electron chi connectivity index (χ2n) is 8.41. The van der Waals surface area contributed by atoms with Gasteiger partial charge in [-0.05, 0) is 31.5 Å². The third-order valence-electron chi connectivity index (χ3n) is 5.34. The number of nitrogens with zero attached hydrogens (tertiary/aromatic N) is 1. The molecule has 1 aromatic rings. The van der Waals surface area contributed by atoms with E-state index in [1.807, 2.05) is 5.32 Å². The van der Waals surface area contributed by atoms with Crippen LogP contribution in [-0.2, 0) is 16.1 Å². The molecule has 16 heteroatoms. The molecular weight excluding hydrogens is 531 g/mol. The van der Waals surface area contributed by atoms with Crippen LogP contribution in [-0.4, -0.2) is 68.4 Å². The molecule has 38 heavy (non-hydrogen) atoms. The number of rotatable bonds is 12. The number of halogens is 7. The minimum Gasteiger partial charge on any atom is -0.453 e. The lowest BCUT2D eigenvalue weighted by Crippen LogP contribution is -2.60. The fraction of sp³-hybridized carbons (Fsp3) is 0.500. The molecule has 0 aliphatic carbocycles. The lowest BCUT2D eigenvalue weighted by atomic mass is 9.83. The first-order valence-corrected chi connectivity index (χ1v) is 10.8. The predicted octanol–water partition coefficient (Wildman–Crippen LogP) is 2.44. The maximum Gasteiger partial charge on any atom is 0.407 e. The van der Waals surface area contributed by atoms with Gasteiger partial charge in [0.1, 0.15) is 17.7 Å². The molecule has 0 fully saturated rings. The van der Waals surface area contributed by atoms with E-state index >= 15 is 0 Å². The zero-order valence-corrected chi connectivity index (χ0v) is 20.5. The van der Waals surface area contributed by atoms with Crippen molar-refractivity contribution < 1.29 is 50.2 Å². The molecule has 6 N–H and O–H groups in total. The summed E-state index contributed by atoms with van der Waals surface area (Å²) in [7, 11) is 0.898. The van der Waals surface area contributed by atoms with Crippen LogP contribution in [0.2, 0.25) is 0 Å². The zero-order valence-electron chi connectivity index (χ0n) is 20.5. The van der Waals surface area contributed by atoms with Crippen molar-refractivity contribution in [3.05, 3.63) is 41.1 Å². The SMILES string of the molecule is COC(=O)NC(C(=O)NC[C@@H](O)CNCc1c(F)cc(C(C=NC(F)F)=CN)cc1F)C(C)(C)C(F)(F)F. The Hall–Kier alpha value is -3.40. The third kappa shape index (κ3) is 9.16. The second-order valence-corrected chi connectivity index (χ2v) is 8.41. The van der Waals surface area contributed by atoms with E-state index in [0.29, 0.717) is 20.1 Å². The second kappa shape index (κ2) is 13.9. The van der Waals surface area contributed by atoms with Gasteiger partial charge >= 0.3 is 18.8 Å². The molecule has 0 bridgehead atoms. The number of alkyl halides is 5. The first-order valence-electron chi connectivity index (χ1n) is 10.8. The van der Waals surface area contributed by atoms with Gasteiger partial charge in [-0.25, -0.2) is 18.6 Å². The highest BCUT2D eigenvalue weighted by Crippen LogP contribution is 2.40. The Balaban J connectivity index is 2.79. The van der Waals surface area contributed by atoms with Crippen molar-refractivity contribution in [1.82, 2.24) is 16.0 Å². The number of methoxy groups -OCH3 is 1. The minimum atomic E-state index is -4.89. The molecule has 1 unspecified atom stereocenters. The number of carbonyl (C=O) groups is 2. The Morgan fingerprint density at radius 1 is 1.16 bits per heavy atom. The van der Waals surface area contributed by atoms with Gasteiger partial charge in [-0.2, -0.15) is 22.0 Å². The molecule has 0 aliphatic heterocycles. The van der Waals surface area contributed by atoms with E-state index in [4.69, 9.17) is 5.73 Å². The fourth-order valence-corrected chi connectivity index (χ4v) is 2.96. The zero-order chi connectivity index (χ0) is 29.3. The molecule has 0 saturated heterocycles. The number of nitrogens with one attached hydrogen (secondary N) is 3. The molecule has 0 radical (unpaired) electrons. The van der Waals surface area contributed by atoms with Gasteiger partial charge in [0.15, 0.2) is 0 Å². The van der Waals surface area contributed by atoms with Gasteiger partial charge in [-0.3, -0.25) is 4.79 Å². The highest BCUT2D eigenvalue weighted by molar-refractivity contribution is 6.09. The number of nitrogens with two attached hydrogens (primary N) is 1. The number of aliphatic imine (C=N–C) groups is 1. The highest BCUT2D eigenvalue weighted by atomic mass is 19.4. The number of amides is 2. The van der Waals surface area contributed by atoms with Crippen molar-refractivity contribution in [2.75, 3.05) is 20.2 Å². The van der Waals surface area contributed by atoms with Crippen molar-refractivity contribution in [3.8, 4) is 0 Å². The minimum absolute atomic E-state index is 0.157. The highest BCUT2D eigenvalue weighted by Gasteiger charge is 2.55. The summed E-state index contributed by atoms with van der Waals surface area (Å²) in [6.45, 7) is -3.05. The maximum absolute atomic E-state index is 14.4.